The summed E-state index contributed by atoms with van der Waals surface area (Å²) in [7, 11) is 1.97. The van der Waals surface area contributed by atoms with Gasteiger partial charge in [-0.15, -0.1) is 16.8 Å². The molecule has 1 aliphatic carbocycles. The molecule has 2 unspecified atom stereocenters. The standard InChI is InChI=1S/C16H28N6S/c1-5-9-17-16(18-11-15-21-20-12(2)22(15)3)19-13-7-6-8-14(10-13)23-4/h5,13-14H,1,6-11H2,2-4H3,(H2,17,18,19). The smallest absolute Gasteiger partial charge is 0.192 e. The molecule has 0 amide bonds. The second-order valence-electron chi connectivity index (χ2n) is 5.92. The van der Waals surface area contributed by atoms with E-state index in [0.29, 0.717) is 19.1 Å². The Morgan fingerprint density at radius 2 is 2.30 bits per heavy atom. The fraction of sp³-hybridized carbons (Fsp3) is 0.688. The zero-order chi connectivity index (χ0) is 16.7. The Labute approximate surface area is 143 Å². The summed E-state index contributed by atoms with van der Waals surface area (Å²) >= 11 is 1.97. The SMILES string of the molecule is C=CCNC(=NCc1nnc(C)n1C)NC1CCCC(SC)C1. The van der Waals surface area contributed by atoms with E-state index in [1.54, 1.807) is 0 Å². The lowest BCUT2D eigenvalue weighted by Gasteiger charge is -2.29. The fourth-order valence-corrected chi connectivity index (χ4v) is 3.57. The molecule has 2 N–H and O–H groups in total. The molecule has 0 aromatic carbocycles. The molecule has 0 spiro atoms. The van der Waals surface area contributed by atoms with Crippen LogP contribution in [0.15, 0.2) is 17.6 Å². The van der Waals surface area contributed by atoms with Crippen LogP contribution >= 0.6 is 11.8 Å². The van der Waals surface area contributed by atoms with Crippen molar-refractivity contribution in [2.24, 2.45) is 12.0 Å². The zero-order valence-corrected chi connectivity index (χ0v) is 15.2. The molecule has 128 valence electrons. The maximum Gasteiger partial charge on any atom is 0.192 e. The summed E-state index contributed by atoms with van der Waals surface area (Å²) in [4.78, 5) is 4.67. The minimum atomic E-state index is 0.485. The van der Waals surface area contributed by atoms with Gasteiger partial charge in [-0.25, -0.2) is 4.99 Å². The van der Waals surface area contributed by atoms with E-state index in [-0.39, 0.29) is 0 Å². The first-order valence-electron chi connectivity index (χ1n) is 8.17. The summed E-state index contributed by atoms with van der Waals surface area (Å²) in [5.74, 6) is 2.60. The number of hydrogen-bond donors (Lipinski definition) is 2. The first kappa shape index (κ1) is 17.8. The highest BCUT2D eigenvalue weighted by atomic mass is 32.2. The summed E-state index contributed by atoms with van der Waals surface area (Å²) in [6.07, 6.45) is 9.04. The third-order valence-electron chi connectivity index (χ3n) is 4.28. The highest BCUT2D eigenvalue weighted by molar-refractivity contribution is 7.99. The van der Waals surface area contributed by atoms with Gasteiger partial charge in [0.05, 0.1) is 0 Å². The van der Waals surface area contributed by atoms with Crippen molar-refractivity contribution in [3.8, 4) is 0 Å². The number of nitrogens with zero attached hydrogens (tertiary/aromatic N) is 4. The summed E-state index contributed by atoms with van der Waals surface area (Å²) < 4.78 is 1.97. The molecule has 1 heterocycles. The molecule has 0 radical (unpaired) electrons. The van der Waals surface area contributed by atoms with Gasteiger partial charge in [0.15, 0.2) is 11.8 Å². The van der Waals surface area contributed by atoms with Crippen molar-refractivity contribution < 1.29 is 0 Å². The lowest BCUT2D eigenvalue weighted by atomic mass is 9.95. The monoisotopic (exact) mass is 336 g/mol. The predicted molar refractivity (Wildman–Crippen MR) is 97.8 cm³/mol. The van der Waals surface area contributed by atoms with Crippen LogP contribution in [0.1, 0.15) is 37.3 Å². The highest BCUT2D eigenvalue weighted by Gasteiger charge is 2.21. The molecule has 2 atom stereocenters. The number of thioether (sulfide) groups is 1. The molecule has 7 heteroatoms. The van der Waals surface area contributed by atoms with Gasteiger partial charge in [-0.3, -0.25) is 0 Å². The summed E-state index contributed by atoms with van der Waals surface area (Å²) in [5.41, 5.74) is 0. The Balaban J connectivity index is 1.99. The number of rotatable bonds is 6. The predicted octanol–water partition coefficient (Wildman–Crippen LogP) is 2.02. The molecule has 1 aromatic heterocycles. The quantitative estimate of drug-likeness (QED) is 0.473. The molecule has 1 saturated carbocycles. The van der Waals surface area contributed by atoms with Gasteiger partial charge in [-0.05, 0) is 32.4 Å². The topological polar surface area (TPSA) is 67.1 Å². The van der Waals surface area contributed by atoms with E-state index in [4.69, 9.17) is 0 Å². The molecule has 0 saturated heterocycles. The van der Waals surface area contributed by atoms with Crippen LogP contribution in [0, 0.1) is 6.92 Å². The van der Waals surface area contributed by atoms with Gasteiger partial charge in [0.1, 0.15) is 12.4 Å². The van der Waals surface area contributed by atoms with Crippen molar-refractivity contribution in [2.75, 3.05) is 12.8 Å². The lowest BCUT2D eigenvalue weighted by molar-refractivity contribution is 0.419. The van der Waals surface area contributed by atoms with Gasteiger partial charge in [0.2, 0.25) is 0 Å². The molecule has 1 aromatic rings. The minimum absolute atomic E-state index is 0.485. The van der Waals surface area contributed by atoms with Crippen molar-refractivity contribution in [3.05, 3.63) is 24.3 Å². The van der Waals surface area contributed by atoms with Gasteiger partial charge < -0.3 is 15.2 Å². The van der Waals surface area contributed by atoms with E-state index in [1.807, 2.05) is 36.4 Å². The van der Waals surface area contributed by atoms with Gasteiger partial charge in [-0.2, -0.15) is 11.8 Å². The molecule has 6 nitrogen and oxygen atoms in total. The third kappa shape index (κ3) is 5.27. The fourth-order valence-electron chi connectivity index (χ4n) is 2.74. The first-order chi connectivity index (χ1) is 11.1. The average Bonchev–Trinajstić information content (AvgIpc) is 2.89. The summed E-state index contributed by atoms with van der Waals surface area (Å²) in [5, 5.41) is 15.9. The van der Waals surface area contributed by atoms with Crippen LogP contribution in [0.4, 0.5) is 0 Å². The molecule has 1 fully saturated rings. The van der Waals surface area contributed by atoms with Gasteiger partial charge >= 0.3 is 0 Å². The second-order valence-corrected chi connectivity index (χ2v) is 7.06. The zero-order valence-electron chi connectivity index (χ0n) is 14.4. The molecular weight excluding hydrogens is 308 g/mol. The largest absolute Gasteiger partial charge is 0.354 e. The number of aliphatic imine (C=N–C) groups is 1. The van der Waals surface area contributed by atoms with Gasteiger partial charge in [0.25, 0.3) is 0 Å². The van der Waals surface area contributed by atoms with Crippen LogP contribution in [0.3, 0.4) is 0 Å². The summed E-state index contributed by atoms with van der Waals surface area (Å²) in [6, 6.07) is 0.485. The van der Waals surface area contributed by atoms with E-state index in [0.717, 1.165) is 22.9 Å². The average molecular weight is 337 g/mol. The van der Waals surface area contributed by atoms with Crippen LogP contribution in [-0.4, -0.2) is 44.8 Å². The Morgan fingerprint density at radius 1 is 1.48 bits per heavy atom. The van der Waals surface area contributed by atoms with Crippen LogP contribution in [-0.2, 0) is 13.6 Å². The highest BCUT2D eigenvalue weighted by Crippen LogP contribution is 2.26. The van der Waals surface area contributed by atoms with E-state index in [1.165, 1.54) is 25.7 Å². The maximum absolute atomic E-state index is 4.67. The normalized spacial score (nSPS) is 22.0. The Kier molecular flexibility index (Phi) is 6.95. The van der Waals surface area contributed by atoms with E-state index < -0.39 is 0 Å². The van der Waals surface area contributed by atoms with Crippen molar-refractivity contribution in [2.45, 2.75) is 50.4 Å². The molecular formula is C16H28N6S. The van der Waals surface area contributed by atoms with Crippen LogP contribution in [0.25, 0.3) is 0 Å². The van der Waals surface area contributed by atoms with Crippen molar-refractivity contribution >= 4 is 17.7 Å². The molecule has 2 rings (SSSR count). The number of aromatic nitrogens is 3. The minimum Gasteiger partial charge on any atom is -0.354 e. The third-order valence-corrected chi connectivity index (χ3v) is 5.37. The van der Waals surface area contributed by atoms with E-state index in [2.05, 4.69) is 38.7 Å². The van der Waals surface area contributed by atoms with Crippen molar-refractivity contribution in [1.29, 1.82) is 0 Å². The number of aryl methyl sites for hydroxylation is 1. The molecule has 1 aliphatic rings. The molecule has 0 bridgehead atoms. The van der Waals surface area contributed by atoms with E-state index >= 15 is 0 Å². The van der Waals surface area contributed by atoms with Crippen LogP contribution in [0.5, 0.6) is 0 Å². The molecule has 0 aliphatic heterocycles. The van der Waals surface area contributed by atoms with Crippen LogP contribution in [0.2, 0.25) is 0 Å². The first-order valence-corrected chi connectivity index (χ1v) is 9.46. The van der Waals surface area contributed by atoms with Gasteiger partial charge in [-0.1, -0.05) is 12.5 Å². The second kappa shape index (κ2) is 8.96. The molecule has 23 heavy (non-hydrogen) atoms. The van der Waals surface area contributed by atoms with Crippen LogP contribution < -0.4 is 10.6 Å². The lowest BCUT2D eigenvalue weighted by Crippen LogP contribution is -2.45. The van der Waals surface area contributed by atoms with Gasteiger partial charge in [0, 0.05) is 24.9 Å². The maximum atomic E-state index is 4.67. The number of hydrogen-bond acceptors (Lipinski definition) is 4. The van der Waals surface area contributed by atoms with E-state index in [9.17, 15) is 0 Å². The number of guanidine groups is 1. The number of nitrogens with one attached hydrogen (secondary N) is 2. The van der Waals surface area contributed by atoms with Crippen molar-refractivity contribution in [1.82, 2.24) is 25.4 Å². The Bertz CT molecular complexity index is 539. The Hall–Kier alpha value is -1.50. The Morgan fingerprint density at radius 3 is 2.96 bits per heavy atom. The van der Waals surface area contributed by atoms with Crippen molar-refractivity contribution in [3.63, 3.8) is 0 Å². The summed E-state index contributed by atoms with van der Waals surface area (Å²) in [6.45, 7) is 6.92.